The predicted molar refractivity (Wildman–Crippen MR) is 103 cm³/mol. The van der Waals surface area contributed by atoms with Gasteiger partial charge in [0.05, 0.1) is 0 Å². The number of rotatable bonds is 4. The van der Waals surface area contributed by atoms with Crippen molar-refractivity contribution in [2.24, 2.45) is 0 Å². The van der Waals surface area contributed by atoms with Gasteiger partial charge in [0.25, 0.3) is 0 Å². The third-order valence-corrected chi connectivity index (χ3v) is 5.18. The van der Waals surface area contributed by atoms with Crippen LogP contribution in [0, 0.1) is 0 Å². The van der Waals surface area contributed by atoms with Crippen molar-refractivity contribution in [3.05, 3.63) is 70.7 Å². The maximum Gasteiger partial charge on any atom is 0.223 e. The van der Waals surface area contributed by atoms with Crippen LogP contribution >= 0.6 is 11.6 Å². The molecular formula is C21H23ClN2O2. The van der Waals surface area contributed by atoms with Gasteiger partial charge in [-0.3, -0.25) is 9.59 Å². The van der Waals surface area contributed by atoms with Crippen LogP contribution in [0.4, 0.5) is 0 Å². The fraction of sp³-hybridized carbons (Fsp3) is 0.333. The molecule has 3 rings (SSSR count). The summed E-state index contributed by atoms with van der Waals surface area (Å²) in [5.41, 5.74) is 2.20. The Bertz CT molecular complexity index is 753. The van der Waals surface area contributed by atoms with E-state index in [0.717, 1.165) is 11.1 Å². The molecule has 1 aliphatic rings. The van der Waals surface area contributed by atoms with Crippen molar-refractivity contribution in [3.63, 3.8) is 0 Å². The van der Waals surface area contributed by atoms with E-state index in [-0.39, 0.29) is 17.7 Å². The Kier molecular flexibility index (Phi) is 5.94. The maximum absolute atomic E-state index is 12.9. The summed E-state index contributed by atoms with van der Waals surface area (Å²) < 4.78 is 0. The van der Waals surface area contributed by atoms with E-state index >= 15 is 0 Å². The summed E-state index contributed by atoms with van der Waals surface area (Å²) in [6.45, 7) is 3.99. The van der Waals surface area contributed by atoms with Gasteiger partial charge in [0.15, 0.2) is 0 Å². The lowest BCUT2D eigenvalue weighted by molar-refractivity contribution is -0.138. The Hall–Kier alpha value is -2.33. The van der Waals surface area contributed by atoms with E-state index in [4.69, 9.17) is 11.6 Å². The van der Waals surface area contributed by atoms with Crippen LogP contribution in [0.2, 0.25) is 5.02 Å². The van der Waals surface area contributed by atoms with Gasteiger partial charge in [-0.1, -0.05) is 54.1 Å². The van der Waals surface area contributed by atoms with Crippen LogP contribution < -0.4 is 0 Å². The molecule has 2 amide bonds. The molecule has 1 atom stereocenters. The van der Waals surface area contributed by atoms with Crippen LogP contribution in [0.3, 0.4) is 0 Å². The van der Waals surface area contributed by atoms with Gasteiger partial charge in [-0.05, 0) is 23.3 Å². The highest BCUT2D eigenvalue weighted by Gasteiger charge is 2.25. The highest BCUT2D eigenvalue weighted by Crippen LogP contribution is 2.29. The van der Waals surface area contributed by atoms with Crippen LogP contribution in [-0.4, -0.2) is 47.8 Å². The highest BCUT2D eigenvalue weighted by molar-refractivity contribution is 6.30. The molecule has 5 heteroatoms. The molecule has 2 aromatic carbocycles. The smallest absolute Gasteiger partial charge is 0.223 e. The zero-order valence-corrected chi connectivity index (χ0v) is 15.7. The van der Waals surface area contributed by atoms with Gasteiger partial charge in [0, 0.05) is 50.5 Å². The Morgan fingerprint density at radius 1 is 0.885 bits per heavy atom. The molecule has 0 spiro atoms. The van der Waals surface area contributed by atoms with Gasteiger partial charge in [0.1, 0.15) is 0 Å². The first kappa shape index (κ1) is 18.5. The van der Waals surface area contributed by atoms with E-state index in [2.05, 4.69) is 12.1 Å². The molecule has 1 heterocycles. The fourth-order valence-electron chi connectivity index (χ4n) is 3.38. The summed E-state index contributed by atoms with van der Waals surface area (Å²) in [4.78, 5) is 28.0. The zero-order valence-electron chi connectivity index (χ0n) is 14.9. The molecule has 4 nitrogen and oxygen atoms in total. The second kappa shape index (κ2) is 8.37. The van der Waals surface area contributed by atoms with Crippen LogP contribution in [0.25, 0.3) is 0 Å². The summed E-state index contributed by atoms with van der Waals surface area (Å²) in [5.74, 6) is 0.184. The minimum absolute atomic E-state index is 0.00759. The van der Waals surface area contributed by atoms with Gasteiger partial charge in [-0.25, -0.2) is 0 Å². The molecule has 26 heavy (non-hydrogen) atoms. The first-order valence-electron chi connectivity index (χ1n) is 8.88. The Balaban J connectivity index is 1.75. The second-order valence-corrected chi connectivity index (χ2v) is 7.04. The van der Waals surface area contributed by atoms with E-state index in [1.807, 2.05) is 47.4 Å². The van der Waals surface area contributed by atoms with E-state index in [9.17, 15) is 9.59 Å². The van der Waals surface area contributed by atoms with E-state index in [1.54, 1.807) is 11.8 Å². The van der Waals surface area contributed by atoms with Crippen molar-refractivity contribution in [3.8, 4) is 0 Å². The van der Waals surface area contributed by atoms with Crippen LogP contribution in [-0.2, 0) is 9.59 Å². The summed E-state index contributed by atoms with van der Waals surface area (Å²) in [5, 5.41) is 0.687. The Labute approximate surface area is 159 Å². The molecule has 0 saturated carbocycles. The number of nitrogens with zero attached hydrogens (tertiary/aromatic N) is 2. The molecule has 2 aromatic rings. The molecule has 0 aliphatic carbocycles. The number of carbonyl (C=O) groups excluding carboxylic acids is 2. The minimum Gasteiger partial charge on any atom is -0.339 e. The van der Waals surface area contributed by atoms with E-state index in [1.165, 1.54) is 0 Å². The number of hydrogen-bond donors (Lipinski definition) is 0. The lowest BCUT2D eigenvalue weighted by Crippen LogP contribution is -2.50. The van der Waals surface area contributed by atoms with Crippen LogP contribution in [0.15, 0.2) is 54.6 Å². The first-order valence-corrected chi connectivity index (χ1v) is 9.26. The lowest BCUT2D eigenvalue weighted by atomic mass is 9.88. The van der Waals surface area contributed by atoms with Crippen LogP contribution in [0.5, 0.6) is 0 Å². The SMILES string of the molecule is CC(=O)N1CCN(C(=O)C[C@@H](c2ccccc2)c2ccc(Cl)cc2)CC1. The third kappa shape index (κ3) is 4.44. The number of carbonyl (C=O) groups is 2. The molecule has 0 radical (unpaired) electrons. The largest absolute Gasteiger partial charge is 0.339 e. The summed E-state index contributed by atoms with van der Waals surface area (Å²) in [7, 11) is 0. The summed E-state index contributed by atoms with van der Waals surface area (Å²) in [6.07, 6.45) is 0.408. The highest BCUT2D eigenvalue weighted by atomic mass is 35.5. The molecule has 136 valence electrons. The third-order valence-electron chi connectivity index (χ3n) is 4.93. The van der Waals surface area contributed by atoms with E-state index in [0.29, 0.717) is 37.6 Å². The number of piperazine rings is 1. The predicted octanol–water partition coefficient (Wildman–Crippen LogP) is 3.55. The molecule has 0 unspecified atom stereocenters. The van der Waals surface area contributed by atoms with Gasteiger partial charge in [0.2, 0.25) is 11.8 Å². The fourth-order valence-corrected chi connectivity index (χ4v) is 3.51. The number of hydrogen-bond acceptors (Lipinski definition) is 2. The average Bonchev–Trinajstić information content (AvgIpc) is 2.67. The Morgan fingerprint density at radius 2 is 1.42 bits per heavy atom. The monoisotopic (exact) mass is 370 g/mol. The molecule has 1 aliphatic heterocycles. The lowest BCUT2D eigenvalue weighted by Gasteiger charge is -2.35. The molecule has 0 bridgehead atoms. The molecular weight excluding hydrogens is 348 g/mol. The minimum atomic E-state index is -0.00759. The first-order chi connectivity index (χ1) is 12.5. The quantitative estimate of drug-likeness (QED) is 0.825. The average molecular weight is 371 g/mol. The molecule has 1 saturated heterocycles. The number of halogens is 1. The van der Waals surface area contributed by atoms with Gasteiger partial charge in [-0.2, -0.15) is 0 Å². The van der Waals surface area contributed by atoms with Crippen molar-refractivity contribution < 1.29 is 9.59 Å². The topological polar surface area (TPSA) is 40.6 Å². The Morgan fingerprint density at radius 3 is 2.00 bits per heavy atom. The molecule has 1 fully saturated rings. The number of amides is 2. The maximum atomic E-state index is 12.9. The van der Waals surface area contributed by atoms with Gasteiger partial charge >= 0.3 is 0 Å². The molecule has 0 aromatic heterocycles. The van der Waals surface area contributed by atoms with Gasteiger partial charge in [-0.15, -0.1) is 0 Å². The number of benzene rings is 2. The zero-order chi connectivity index (χ0) is 18.5. The normalized spacial score (nSPS) is 15.6. The molecule has 0 N–H and O–H groups in total. The van der Waals surface area contributed by atoms with Crippen molar-refractivity contribution in [1.29, 1.82) is 0 Å². The van der Waals surface area contributed by atoms with Crippen molar-refractivity contribution in [1.82, 2.24) is 9.80 Å². The van der Waals surface area contributed by atoms with Crippen molar-refractivity contribution in [2.45, 2.75) is 19.3 Å². The van der Waals surface area contributed by atoms with Gasteiger partial charge < -0.3 is 9.80 Å². The van der Waals surface area contributed by atoms with Crippen molar-refractivity contribution in [2.75, 3.05) is 26.2 Å². The second-order valence-electron chi connectivity index (χ2n) is 6.61. The summed E-state index contributed by atoms with van der Waals surface area (Å²) in [6, 6.07) is 17.8. The standard InChI is InChI=1S/C21H23ClN2O2/c1-16(25)23-11-13-24(14-12-23)21(26)15-20(17-5-3-2-4-6-17)18-7-9-19(22)10-8-18/h2-10,20H,11-15H2,1H3/t20-/m0/s1. The van der Waals surface area contributed by atoms with Crippen molar-refractivity contribution >= 4 is 23.4 Å². The van der Waals surface area contributed by atoms with Crippen LogP contribution in [0.1, 0.15) is 30.4 Å². The van der Waals surface area contributed by atoms with E-state index < -0.39 is 0 Å². The summed E-state index contributed by atoms with van der Waals surface area (Å²) >= 11 is 6.02.